The van der Waals surface area contributed by atoms with Crippen molar-refractivity contribution in [2.24, 2.45) is 5.92 Å². The van der Waals surface area contributed by atoms with E-state index in [1.165, 1.54) is 0 Å². The van der Waals surface area contributed by atoms with Gasteiger partial charge in [0, 0.05) is 31.4 Å². The molecule has 1 unspecified atom stereocenters. The summed E-state index contributed by atoms with van der Waals surface area (Å²) in [4.78, 5) is 6.68. The minimum Gasteiger partial charge on any atom is -0.355 e. The first-order valence-electron chi connectivity index (χ1n) is 7.24. The van der Waals surface area contributed by atoms with Crippen LogP contribution in [-0.2, 0) is 6.54 Å². The van der Waals surface area contributed by atoms with E-state index in [-0.39, 0.29) is 5.54 Å². The van der Waals surface area contributed by atoms with Crippen LogP contribution in [0.4, 0.5) is 5.82 Å². The van der Waals surface area contributed by atoms with Gasteiger partial charge in [0.25, 0.3) is 0 Å². The highest BCUT2D eigenvalue weighted by Crippen LogP contribution is 2.26. The minimum absolute atomic E-state index is 0.0914. The predicted molar refractivity (Wildman–Crippen MR) is 88.5 cm³/mol. The maximum absolute atomic E-state index is 6.39. The Kier molecular flexibility index (Phi) is 5.84. The number of hydrogen-bond acceptors (Lipinski definition) is 3. The topological polar surface area (TPSA) is 28.2 Å². The maximum Gasteiger partial charge on any atom is 0.147 e. The van der Waals surface area contributed by atoms with E-state index in [2.05, 4.69) is 56.7 Å². The fourth-order valence-corrected chi connectivity index (χ4v) is 2.16. The van der Waals surface area contributed by atoms with E-state index in [1.54, 1.807) is 0 Å². The number of aromatic nitrogens is 1. The van der Waals surface area contributed by atoms with Crippen LogP contribution in [0.1, 0.15) is 47.1 Å². The zero-order valence-corrected chi connectivity index (χ0v) is 14.5. The Morgan fingerprint density at radius 3 is 2.35 bits per heavy atom. The first-order valence-corrected chi connectivity index (χ1v) is 7.62. The molecular formula is C16H28ClN3. The summed E-state index contributed by atoms with van der Waals surface area (Å²) in [6.45, 7) is 13.8. The molecule has 4 heteroatoms. The molecule has 1 atom stereocenters. The first-order chi connectivity index (χ1) is 9.11. The monoisotopic (exact) mass is 297 g/mol. The molecule has 0 aliphatic heterocycles. The third kappa shape index (κ3) is 4.95. The molecule has 0 aliphatic carbocycles. The predicted octanol–water partition coefficient (Wildman–Crippen LogP) is 4.10. The number of hydrogen-bond donors (Lipinski definition) is 1. The van der Waals surface area contributed by atoms with Gasteiger partial charge in [0.15, 0.2) is 0 Å². The lowest BCUT2D eigenvalue weighted by molar-refractivity contribution is 0.424. The summed E-state index contributed by atoms with van der Waals surface area (Å²) in [6, 6.07) is 2.41. The molecule has 0 bridgehead atoms. The summed E-state index contributed by atoms with van der Waals surface area (Å²) in [6.07, 6.45) is 1.91. The first kappa shape index (κ1) is 17.3. The maximum atomic E-state index is 6.39. The SMILES string of the molecule is CC(C)C(C)N(C)c1ncc(CNC(C)(C)C)cc1Cl. The van der Waals surface area contributed by atoms with Crippen molar-refractivity contribution in [2.75, 3.05) is 11.9 Å². The molecule has 0 saturated carbocycles. The van der Waals surface area contributed by atoms with Crippen molar-refractivity contribution in [1.29, 1.82) is 0 Å². The van der Waals surface area contributed by atoms with E-state index in [1.807, 2.05) is 19.3 Å². The number of nitrogens with one attached hydrogen (secondary N) is 1. The average Bonchev–Trinajstić information content (AvgIpc) is 2.33. The lowest BCUT2D eigenvalue weighted by atomic mass is 10.1. The Hall–Kier alpha value is -0.800. The van der Waals surface area contributed by atoms with E-state index < -0.39 is 0 Å². The molecule has 0 saturated heterocycles. The highest BCUT2D eigenvalue weighted by atomic mass is 35.5. The molecule has 0 aliphatic rings. The third-order valence-electron chi connectivity index (χ3n) is 3.61. The molecule has 3 nitrogen and oxygen atoms in total. The summed E-state index contributed by atoms with van der Waals surface area (Å²) in [5.41, 5.74) is 1.20. The zero-order valence-electron chi connectivity index (χ0n) is 13.8. The zero-order chi connectivity index (χ0) is 15.5. The second-order valence-electron chi connectivity index (χ2n) is 6.85. The van der Waals surface area contributed by atoms with Gasteiger partial charge in [-0.1, -0.05) is 25.4 Å². The molecule has 0 spiro atoms. The van der Waals surface area contributed by atoms with E-state index in [9.17, 15) is 0 Å². The van der Waals surface area contributed by atoms with Crippen LogP contribution in [0.5, 0.6) is 0 Å². The van der Waals surface area contributed by atoms with Crippen molar-refractivity contribution in [3.8, 4) is 0 Å². The molecular weight excluding hydrogens is 270 g/mol. The molecule has 1 aromatic heterocycles. The van der Waals surface area contributed by atoms with E-state index in [0.717, 1.165) is 17.9 Å². The van der Waals surface area contributed by atoms with Gasteiger partial charge in [0.1, 0.15) is 5.82 Å². The van der Waals surface area contributed by atoms with Crippen molar-refractivity contribution in [3.63, 3.8) is 0 Å². The Labute approximate surface area is 128 Å². The van der Waals surface area contributed by atoms with E-state index in [4.69, 9.17) is 11.6 Å². The molecule has 1 aromatic rings. The van der Waals surface area contributed by atoms with Gasteiger partial charge in [-0.2, -0.15) is 0 Å². The number of pyridine rings is 1. The Morgan fingerprint density at radius 2 is 1.90 bits per heavy atom. The molecule has 0 aromatic carbocycles. The Morgan fingerprint density at radius 1 is 1.30 bits per heavy atom. The van der Waals surface area contributed by atoms with Crippen LogP contribution >= 0.6 is 11.6 Å². The van der Waals surface area contributed by atoms with Crippen LogP contribution in [0.15, 0.2) is 12.3 Å². The van der Waals surface area contributed by atoms with Crippen LogP contribution in [0.25, 0.3) is 0 Å². The highest BCUT2D eigenvalue weighted by molar-refractivity contribution is 6.33. The number of anilines is 1. The fourth-order valence-electron chi connectivity index (χ4n) is 1.83. The second-order valence-corrected chi connectivity index (χ2v) is 7.26. The normalized spacial score (nSPS) is 13.7. The summed E-state index contributed by atoms with van der Waals surface area (Å²) < 4.78 is 0. The van der Waals surface area contributed by atoms with Crippen LogP contribution in [0, 0.1) is 5.92 Å². The summed E-state index contributed by atoms with van der Waals surface area (Å²) in [5, 5.41) is 4.16. The van der Waals surface area contributed by atoms with Gasteiger partial charge in [-0.15, -0.1) is 0 Å². The van der Waals surface area contributed by atoms with Gasteiger partial charge in [0.2, 0.25) is 0 Å². The standard InChI is InChI=1S/C16H28ClN3/c1-11(2)12(3)20(7)15-14(17)8-13(9-18-15)10-19-16(4,5)6/h8-9,11-12,19H,10H2,1-7H3. The van der Waals surface area contributed by atoms with Crippen molar-refractivity contribution in [1.82, 2.24) is 10.3 Å². The van der Waals surface area contributed by atoms with Crippen molar-refractivity contribution in [2.45, 2.75) is 59.7 Å². The van der Waals surface area contributed by atoms with Gasteiger partial charge in [0.05, 0.1) is 5.02 Å². The van der Waals surface area contributed by atoms with Gasteiger partial charge >= 0.3 is 0 Å². The van der Waals surface area contributed by atoms with Crippen LogP contribution in [0.2, 0.25) is 5.02 Å². The Bertz CT molecular complexity index is 438. The molecule has 0 fully saturated rings. The molecule has 114 valence electrons. The smallest absolute Gasteiger partial charge is 0.147 e. The summed E-state index contributed by atoms with van der Waals surface area (Å²) >= 11 is 6.39. The van der Waals surface area contributed by atoms with Crippen LogP contribution in [-0.4, -0.2) is 23.6 Å². The molecule has 20 heavy (non-hydrogen) atoms. The number of rotatable bonds is 5. The summed E-state index contributed by atoms with van der Waals surface area (Å²) in [7, 11) is 2.05. The van der Waals surface area contributed by atoms with Crippen LogP contribution in [0.3, 0.4) is 0 Å². The van der Waals surface area contributed by atoms with Gasteiger partial charge in [-0.3, -0.25) is 0 Å². The molecule has 1 rings (SSSR count). The Balaban J connectivity index is 2.83. The van der Waals surface area contributed by atoms with Crippen molar-refractivity contribution >= 4 is 17.4 Å². The summed E-state index contributed by atoms with van der Waals surface area (Å²) in [5.74, 6) is 1.41. The molecule has 1 heterocycles. The quantitative estimate of drug-likeness (QED) is 0.887. The molecule has 0 radical (unpaired) electrons. The molecule has 1 N–H and O–H groups in total. The van der Waals surface area contributed by atoms with Crippen LogP contribution < -0.4 is 10.2 Å². The lowest BCUT2D eigenvalue weighted by Gasteiger charge is -2.29. The van der Waals surface area contributed by atoms with Gasteiger partial charge in [-0.05, 0) is 45.2 Å². The number of nitrogens with zero attached hydrogens (tertiary/aromatic N) is 2. The van der Waals surface area contributed by atoms with Crippen molar-refractivity contribution in [3.05, 3.63) is 22.8 Å². The van der Waals surface area contributed by atoms with E-state index in [0.29, 0.717) is 17.0 Å². The number of halogens is 1. The fraction of sp³-hybridized carbons (Fsp3) is 0.688. The molecule has 0 amide bonds. The second kappa shape index (κ2) is 6.77. The average molecular weight is 298 g/mol. The minimum atomic E-state index is 0.0914. The highest BCUT2D eigenvalue weighted by Gasteiger charge is 2.17. The lowest BCUT2D eigenvalue weighted by Crippen LogP contribution is -2.35. The van der Waals surface area contributed by atoms with Gasteiger partial charge in [-0.25, -0.2) is 4.98 Å². The van der Waals surface area contributed by atoms with Gasteiger partial charge < -0.3 is 10.2 Å². The van der Waals surface area contributed by atoms with E-state index >= 15 is 0 Å². The third-order valence-corrected chi connectivity index (χ3v) is 3.89. The largest absolute Gasteiger partial charge is 0.355 e. The van der Waals surface area contributed by atoms with Crippen molar-refractivity contribution < 1.29 is 0 Å².